The number of rotatable bonds is 3. The normalized spacial score (nSPS) is 11.7. The van der Waals surface area contributed by atoms with Gasteiger partial charge in [-0.2, -0.15) is 0 Å². The average Bonchev–Trinajstić information content (AvgIpc) is 2.76. The van der Waals surface area contributed by atoms with Crippen LogP contribution in [0.5, 0.6) is 0 Å². The zero-order chi connectivity index (χ0) is 14.9. The topological polar surface area (TPSA) is 30.0 Å². The standard InChI is InChI=1S/C15H15F2NOS/c1-15(2,3)13-8-20-14(18-13)7-12(19)10-5-4-9(16)6-11(10)17/h4-6,8H,7H2,1-3H3. The summed E-state index contributed by atoms with van der Waals surface area (Å²) in [6.45, 7) is 6.11. The molecule has 0 radical (unpaired) electrons. The first kappa shape index (κ1) is 14.8. The van der Waals surface area contributed by atoms with Crippen LogP contribution in [0.15, 0.2) is 23.6 Å². The van der Waals surface area contributed by atoms with Crippen molar-refractivity contribution in [2.45, 2.75) is 32.6 Å². The van der Waals surface area contributed by atoms with Crippen molar-refractivity contribution < 1.29 is 13.6 Å². The Morgan fingerprint density at radius 1 is 1.30 bits per heavy atom. The van der Waals surface area contributed by atoms with E-state index >= 15 is 0 Å². The van der Waals surface area contributed by atoms with E-state index in [4.69, 9.17) is 0 Å². The van der Waals surface area contributed by atoms with Gasteiger partial charge in [0.1, 0.15) is 16.6 Å². The summed E-state index contributed by atoms with van der Waals surface area (Å²) in [7, 11) is 0. The largest absolute Gasteiger partial charge is 0.294 e. The molecule has 1 heterocycles. The number of nitrogens with zero attached hydrogens (tertiary/aromatic N) is 1. The smallest absolute Gasteiger partial charge is 0.172 e. The van der Waals surface area contributed by atoms with Crippen molar-refractivity contribution in [3.05, 3.63) is 51.5 Å². The van der Waals surface area contributed by atoms with Gasteiger partial charge in [0.2, 0.25) is 0 Å². The monoisotopic (exact) mass is 295 g/mol. The third-order valence-corrected chi connectivity index (χ3v) is 3.71. The van der Waals surface area contributed by atoms with E-state index in [2.05, 4.69) is 4.98 Å². The van der Waals surface area contributed by atoms with Crippen molar-refractivity contribution in [1.29, 1.82) is 0 Å². The van der Waals surface area contributed by atoms with Crippen LogP contribution in [-0.2, 0) is 11.8 Å². The fourth-order valence-electron chi connectivity index (χ4n) is 1.68. The first-order valence-corrected chi connectivity index (χ1v) is 7.08. The Hall–Kier alpha value is -1.62. The summed E-state index contributed by atoms with van der Waals surface area (Å²) in [6.07, 6.45) is 0.0311. The summed E-state index contributed by atoms with van der Waals surface area (Å²) in [5, 5.41) is 2.55. The maximum Gasteiger partial charge on any atom is 0.172 e. The molecule has 0 fully saturated rings. The molecule has 20 heavy (non-hydrogen) atoms. The van der Waals surface area contributed by atoms with Gasteiger partial charge in [-0.25, -0.2) is 13.8 Å². The van der Waals surface area contributed by atoms with Crippen LogP contribution in [0.3, 0.4) is 0 Å². The molecule has 0 saturated carbocycles. The van der Waals surface area contributed by atoms with E-state index in [1.54, 1.807) is 0 Å². The van der Waals surface area contributed by atoms with Crippen LogP contribution in [0.2, 0.25) is 0 Å². The number of thiazole rings is 1. The number of carbonyl (C=O) groups is 1. The predicted octanol–water partition coefficient (Wildman–Crippen LogP) is 4.14. The third kappa shape index (κ3) is 3.28. The van der Waals surface area contributed by atoms with Gasteiger partial charge in [0.05, 0.1) is 17.7 Å². The van der Waals surface area contributed by atoms with E-state index < -0.39 is 17.4 Å². The van der Waals surface area contributed by atoms with Gasteiger partial charge < -0.3 is 0 Å². The number of halogens is 2. The molecule has 0 aliphatic rings. The lowest BCUT2D eigenvalue weighted by atomic mass is 9.93. The maximum absolute atomic E-state index is 13.5. The lowest BCUT2D eigenvalue weighted by Gasteiger charge is -2.14. The number of aromatic nitrogens is 1. The molecule has 0 aliphatic heterocycles. The molecule has 106 valence electrons. The molecule has 0 amide bonds. The van der Waals surface area contributed by atoms with Gasteiger partial charge in [-0.05, 0) is 12.1 Å². The molecule has 1 aromatic carbocycles. The van der Waals surface area contributed by atoms with Crippen molar-refractivity contribution in [1.82, 2.24) is 4.98 Å². The fraction of sp³-hybridized carbons (Fsp3) is 0.333. The molecular weight excluding hydrogens is 280 g/mol. The zero-order valence-electron chi connectivity index (χ0n) is 11.5. The third-order valence-electron chi connectivity index (χ3n) is 2.86. The Kier molecular flexibility index (Phi) is 3.99. The average molecular weight is 295 g/mol. The minimum atomic E-state index is -0.831. The summed E-state index contributed by atoms with van der Waals surface area (Å²) in [5.74, 6) is -1.91. The van der Waals surface area contributed by atoms with Crippen molar-refractivity contribution in [2.24, 2.45) is 0 Å². The molecule has 1 aromatic heterocycles. The molecule has 0 saturated heterocycles. The highest BCUT2D eigenvalue weighted by atomic mass is 32.1. The number of hydrogen-bond donors (Lipinski definition) is 0. The van der Waals surface area contributed by atoms with E-state index in [1.807, 2.05) is 26.2 Å². The van der Waals surface area contributed by atoms with Crippen LogP contribution < -0.4 is 0 Å². The van der Waals surface area contributed by atoms with Gasteiger partial charge in [-0.1, -0.05) is 20.8 Å². The number of carbonyl (C=O) groups excluding carboxylic acids is 1. The van der Waals surface area contributed by atoms with E-state index in [0.717, 1.165) is 17.8 Å². The van der Waals surface area contributed by atoms with E-state index in [1.165, 1.54) is 17.4 Å². The van der Waals surface area contributed by atoms with Gasteiger partial charge in [0.15, 0.2) is 5.78 Å². The maximum atomic E-state index is 13.5. The summed E-state index contributed by atoms with van der Waals surface area (Å²) in [4.78, 5) is 16.4. The highest BCUT2D eigenvalue weighted by Crippen LogP contribution is 2.24. The predicted molar refractivity (Wildman–Crippen MR) is 75.2 cm³/mol. The van der Waals surface area contributed by atoms with Crippen molar-refractivity contribution >= 4 is 17.1 Å². The number of hydrogen-bond acceptors (Lipinski definition) is 3. The highest BCUT2D eigenvalue weighted by molar-refractivity contribution is 7.09. The second-order valence-electron chi connectivity index (χ2n) is 5.60. The molecule has 0 bridgehead atoms. The molecule has 0 spiro atoms. The van der Waals surface area contributed by atoms with Gasteiger partial charge in [-0.15, -0.1) is 11.3 Å². The van der Waals surface area contributed by atoms with Crippen molar-refractivity contribution in [3.63, 3.8) is 0 Å². The Morgan fingerprint density at radius 3 is 2.55 bits per heavy atom. The molecule has 2 rings (SSSR count). The van der Waals surface area contributed by atoms with Crippen LogP contribution in [-0.4, -0.2) is 10.8 Å². The summed E-state index contributed by atoms with van der Waals surface area (Å²) in [6, 6.07) is 2.97. The SMILES string of the molecule is CC(C)(C)c1csc(CC(=O)c2ccc(F)cc2F)n1. The molecule has 0 unspecified atom stereocenters. The summed E-state index contributed by atoms with van der Waals surface area (Å²) < 4.78 is 26.3. The lowest BCUT2D eigenvalue weighted by molar-refractivity contribution is 0.0989. The quantitative estimate of drug-likeness (QED) is 0.796. The minimum absolute atomic E-state index is 0.0311. The highest BCUT2D eigenvalue weighted by Gasteiger charge is 2.19. The number of ketones is 1. The van der Waals surface area contributed by atoms with Gasteiger partial charge in [0.25, 0.3) is 0 Å². The molecule has 0 N–H and O–H groups in total. The van der Waals surface area contributed by atoms with Crippen LogP contribution in [0.1, 0.15) is 41.8 Å². The summed E-state index contributed by atoms with van der Waals surface area (Å²) >= 11 is 1.38. The lowest BCUT2D eigenvalue weighted by Crippen LogP contribution is -2.12. The molecule has 2 nitrogen and oxygen atoms in total. The van der Waals surface area contributed by atoms with Crippen LogP contribution in [0, 0.1) is 11.6 Å². The van der Waals surface area contributed by atoms with Crippen LogP contribution >= 0.6 is 11.3 Å². The van der Waals surface area contributed by atoms with Crippen molar-refractivity contribution in [2.75, 3.05) is 0 Å². The molecule has 2 aromatic rings. The molecule has 5 heteroatoms. The van der Waals surface area contributed by atoms with Crippen molar-refractivity contribution in [3.8, 4) is 0 Å². The molecular formula is C15H15F2NOS. The second-order valence-corrected chi connectivity index (χ2v) is 6.54. The van der Waals surface area contributed by atoms with Gasteiger partial charge >= 0.3 is 0 Å². The number of Topliss-reactive ketones (excluding diaryl/α,β-unsaturated/α-hetero) is 1. The second kappa shape index (κ2) is 5.40. The Labute approximate surface area is 120 Å². The zero-order valence-corrected chi connectivity index (χ0v) is 12.4. The van der Waals surface area contributed by atoms with E-state index in [9.17, 15) is 13.6 Å². The molecule has 0 aliphatic carbocycles. The van der Waals surface area contributed by atoms with E-state index in [-0.39, 0.29) is 17.4 Å². The number of benzene rings is 1. The van der Waals surface area contributed by atoms with Crippen LogP contribution in [0.4, 0.5) is 8.78 Å². The fourth-order valence-corrected chi connectivity index (χ4v) is 2.70. The Bertz CT molecular complexity index is 644. The van der Waals surface area contributed by atoms with Gasteiger partial charge in [-0.3, -0.25) is 4.79 Å². The summed E-state index contributed by atoms with van der Waals surface area (Å²) in [5.41, 5.74) is 0.725. The Morgan fingerprint density at radius 2 is 2.00 bits per heavy atom. The molecule has 0 atom stereocenters. The van der Waals surface area contributed by atoms with E-state index in [0.29, 0.717) is 5.01 Å². The first-order chi connectivity index (χ1) is 9.27. The van der Waals surface area contributed by atoms with Crippen LogP contribution in [0.25, 0.3) is 0 Å². The minimum Gasteiger partial charge on any atom is -0.294 e. The van der Waals surface area contributed by atoms with Gasteiger partial charge in [0, 0.05) is 16.9 Å². The Balaban J connectivity index is 2.17. The first-order valence-electron chi connectivity index (χ1n) is 6.20.